The Morgan fingerprint density at radius 3 is 2.10 bits per heavy atom. The molecule has 19 heteroatoms. The van der Waals surface area contributed by atoms with Crippen molar-refractivity contribution >= 4 is 35.8 Å². The second kappa shape index (κ2) is 11.2. The fourth-order valence-electron chi connectivity index (χ4n) is 14.0. The van der Waals surface area contributed by atoms with E-state index >= 15 is 0 Å². The summed E-state index contributed by atoms with van der Waals surface area (Å²) in [5.41, 5.74) is -18.2. The number of esters is 6. The normalized spacial score (nSPS) is 51.1. The Hall–Kier alpha value is -4.14. The van der Waals surface area contributed by atoms with Gasteiger partial charge in [0.1, 0.15) is 29.5 Å². The van der Waals surface area contributed by atoms with E-state index in [0.29, 0.717) is 0 Å². The molecule has 0 aromatic carbocycles. The Kier molecular flexibility index (Phi) is 7.57. The molecule has 1 aromatic rings. The van der Waals surface area contributed by atoms with Gasteiger partial charge in [-0.3, -0.25) is 19.2 Å². The van der Waals surface area contributed by atoms with Crippen molar-refractivity contribution in [2.75, 3.05) is 7.11 Å². The maximum atomic E-state index is 14.6. The van der Waals surface area contributed by atoms with Gasteiger partial charge < -0.3 is 62.4 Å². The quantitative estimate of drug-likeness (QED) is 0.235. The lowest BCUT2D eigenvalue weighted by molar-refractivity contribution is -0.455. The number of carbonyl (C=O) groups excluding carboxylic acids is 6. The lowest BCUT2D eigenvalue weighted by atomic mass is 9.33. The minimum absolute atomic E-state index is 0.266. The average Bonchev–Trinajstić information content (AvgIpc) is 3.48. The van der Waals surface area contributed by atoms with E-state index in [-0.39, 0.29) is 12.0 Å². The van der Waals surface area contributed by atoms with Crippen LogP contribution in [0.4, 0.5) is 0 Å². The van der Waals surface area contributed by atoms with Gasteiger partial charge in [-0.05, 0) is 18.9 Å². The molecule has 0 unspecified atom stereocenters. The maximum Gasteiger partial charge on any atom is 0.348 e. The molecule has 4 heterocycles. The molecule has 0 amide bonds. The maximum absolute atomic E-state index is 14.6. The van der Waals surface area contributed by atoms with Crippen LogP contribution in [-0.4, -0.2) is 123 Å². The van der Waals surface area contributed by atoms with Gasteiger partial charge in [0, 0.05) is 50.0 Å². The Morgan fingerprint density at radius 1 is 0.879 bits per heavy atom. The number of rotatable bonds is 8. The summed E-state index contributed by atoms with van der Waals surface area (Å²) in [7, 11) is 1.04. The third-order valence-corrected chi connectivity index (χ3v) is 15.3. The van der Waals surface area contributed by atoms with Gasteiger partial charge in [0.15, 0.2) is 17.3 Å². The molecule has 8 aliphatic rings. The number of aliphatic hydroxyl groups is 3. The standard InChI is InChI=1S/C39H46O19/c1-15(2)26(44)55-30-37(48)29(53-18(5)42)31(6)13-36(37,47)32(7,21(31)20(27(45)49-9)51-16(3)40)38-24-22(43)34-14-35(34,39(30,38)58-33(8,56-24)57-38)25(52-17(4)41)28(46)54-23(34)19-10-11-50-12-19/h10-12,15,20-25,29-30,43,47-48H,13-14H2,1-9H3/t20-,21+,22+,23+,24-,25+,29+,30-,31-,32-,33-,34+,35-,36-,37-,38+,39+/m1/s1. The van der Waals surface area contributed by atoms with Crippen molar-refractivity contribution in [3.8, 4) is 0 Å². The van der Waals surface area contributed by atoms with E-state index in [1.807, 2.05) is 0 Å². The average molecular weight is 819 g/mol. The molecule has 58 heavy (non-hydrogen) atoms. The number of ether oxygens (including phenoxy) is 9. The minimum atomic E-state index is -2.93. The highest BCUT2D eigenvalue weighted by atomic mass is 17.0. The van der Waals surface area contributed by atoms with Crippen LogP contribution in [0.2, 0.25) is 0 Å². The van der Waals surface area contributed by atoms with E-state index in [4.69, 9.17) is 47.0 Å². The van der Waals surface area contributed by atoms with Gasteiger partial charge in [0.2, 0.25) is 12.2 Å². The molecule has 9 rings (SSSR count). The van der Waals surface area contributed by atoms with Crippen LogP contribution in [0.25, 0.3) is 0 Å². The molecule has 17 atom stereocenters. The highest BCUT2D eigenvalue weighted by Gasteiger charge is 3.11. The van der Waals surface area contributed by atoms with E-state index in [2.05, 4.69) is 0 Å². The van der Waals surface area contributed by atoms with Gasteiger partial charge in [0.05, 0.1) is 42.5 Å². The fraction of sp³-hybridized carbons (Fsp3) is 0.744. The van der Waals surface area contributed by atoms with Gasteiger partial charge in [-0.2, -0.15) is 0 Å². The molecule has 4 bridgehead atoms. The number of carbonyl (C=O) groups is 6. The molecule has 3 N–H and O–H groups in total. The number of fused-ring (bicyclic) bond motifs is 2. The molecule has 0 radical (unpaired) electrons. The van der Waals surface area contributed by atoms with Crippen LogP contribution in [0.15, 0.2) is 23.0 Å². The van der Waals surface area contributed by atoms with E-state index < -0.39 is 147 Å². The van der Waals surface area contributed by atoms with Crippen molar-refractivity contribution in [3.63, 3.8) is 0 Å². The Bertz CT molecular complexity index is 2070. The summed E-state index contributed by atoms with van der Waals surface area (Å²) >= 11 is 0. The number of methoxy groups -OCH3 is 1. The Balaban J connectivity index is 1.45. The van der Waals surface area contributed by atoms with Crippen molar-refractivity contribution in [3.05, 3.63) is 24.2 Å². The number of furan rings is 1. The van der Waals surface area contributed by atoms with Crippen LogP contribution in [0, 0.1) is 33.5 Å². The zero-order chi connectivity index (χ0) is 42.3. The first-order chi connectivity index (χ1) is 26.9. The van der Waals surface area contributed by atoms with E-state index in [1.165, 1.54) is 53.2 Å². The molecule has 8 fully saturated rings. The number of aliphatic hydroxyl groups excluding tert-OH is 1. The van der Waals surface area contributed by atoms with Crippen LogP contribution in [0.3, 0.4) is 0 Å². The first-order valence-corrected chi connectivity index (χ1v) is 19.2. The van der Waals surface area contributed by atoms with E-state index in [0.717, 1.165) is 27.9 Å². The fourth-order valence-corrected chi connectivity index (χ4v) is 14.0. The predicted octanol–water partition coefficient (Wildman–Crippen LogP) is 0.283. The lowest BCUT2D eigenvalue weighted by Crippen LogP contribution is -2.97. The molecule has 19 nitrogen and oxygen atoms in total. The highest BCUT2D eigenvalue weighted by molar-refractivity contribution is 5.85. The second-order valence-corrected chi connectivity index (χ2v) is 18.1. The SMILES string of the molecule is COC(=O)[C@H](OC(C)=O)[C@H]1[C@@]2(C)C[C@]3(O)[C@](O)([C@@H](OC(=O)C(C)C)[C@]45O[C@]6(C)O[C@H]([C@H](O)[C@]78C[C@@]74[C@@H](OC(C)=O)C(=O)O[C@H]8c4ccoc4)[C@]5(O6)[C@]13C)[C@H]2OC(C)=O. The van der Waals surface area contributed by atoms with Crippen LogP contribution in [0.5, 0.6) is 0 Å². The molecule has 1 aromatic heterocycles. The monoisotopic (exact) mass is 818 g/mol. The topological polar surface area (TPSA) is 259 Å². The molecular formula is C39H46O19. The summed E-state index contributed by atoms with van der Waals surface area (Å²) in [6, 6.07) is 1.50. The molecule has 5 saturated carbocycles. The first kappa shape index (κ1) is 39.3. The first-order valence-electron chi connectivity index (χ1n) is 19.2. The summed E-state index contributed by atoms with van der Waals surface area (Å²) in [5.74, 6) is -10.7. The van der Waals surface area contributed by atoms with Gasteiger partial charge in [-0.25, -0.2) is 9.59 Å². The Labute approximate surface area is 330 Å². The summed E-state index contributed by atoms with van der Waals surface area (Å²) in [4.78, 5) is 81.9. The van der Waals surface area contributed by atoms with Crippen molar-refractivity contribution < 1.29 is 91.1 Å². The lowest BCUT2D eigenvalue weighted by Gasteiger charge is -2.76. The summed E-state index contributed by atoms with van der Waals surface area (Å²) in [6.07, 6.45) is -11.0. The number of hydrogen-bond donors (Lipinski definition) is 3. The summed E-state index contributed by atoms with van der Waals surface area (Å²) < 4.78 is 61.2. The summed E-state index contributed by atoms with van der Waals surface area (Å²) in [5, 5.41) is 40.8. The summed E-state index contributed by atoms with van der Waals surface area (Å²) in [6.45, 7) is 10.4. The molecular weight excluding hydrogens is 772 g/mol. The number of hydrogen-bond acceptors (Lipinski definition) is 19. The van der Waals surface area contributed by atoms with Crippen molar-refractivity contribution in [1.82, 2.24) is 0 Å². The molecule has 3 aliphatic heterocycles. The zero-order valence-electron chi connectivity index (χ0n) is 33.2. The van der Waals surface area contributed by atoms with Crippen LogP contribution in [0.1, 0.15) is 79.9 Å². The van der Waals surface area contributed by atoms with Gasteiger partial charge in [-0.15, -0.1) is 0 Å². The third kappa shape index (κ3) is 3.72. The molecule has 5 aliphatic carbocycles. The van der Waals surface area contributed by atoms with Crippen LogP contribution < -0.4 is 0 Å². The largest absolute Gasteiger partial charge is 0.472 e. The highest BCUT2D eigenvalue weighted by Crippen LogP contribution is 2.95. The van der Waals surface area contributed by atoms with E-state index in [9.17, 15) is 44.1 Å². The van der Waals surface area contributed by atoms with Crippen molar-refractivity contribution in [2.45, 2.75) is 139 Å². The van der Waals surface area contributed by atoms with Crippen LogP contribution >= 0.6 is 0 Å². The Morgan fingerprint density at radius 2 is 1.53 bits per heavy atom. The molecule has 316 valence electrons. The van der Waals surface area contributed by atoms with Crippen LogP contribution in [-0.2, 0) is 71.4 Å². The molecule has 3 saturated heterocycles. The van der Waals surface area contributed by atoms with Crippen molar-refractivity contribution in [1.29, 1.82) is 0 Å². The van der Waals surface area contributed by atoms with Gasteiger partial charge >= 0.3 is 35.8 Å². The van der Waals surface area contributed by atoms with E-state index in [1.54, 1.807) is 0 Å². The van der Waals surface area contributed by atoms with Gasteiger partial charge in [0.25, 0.3) is 5.97 Å². The third-order valence-electron chi connectivity index (χ3n) is 15.3. The van der Waals surface area contributed by atoms with Crippen molar-refractivity contribution in [2.24, 2.45) is 33.5 Å². The van der Waals surface area contributed by atoms with Gasteiger partial charge in [-0.1, -0.05) is 27.7 Å². The minimum Gasteiger partial charge on any atom is -0.472 e. The predicted molar refractivity (Wildman–Crippen MR) is 182 cm³/mol. The molecule has 1 spiro atoms. The smallest absolute Gasteiger partial charge is 0.348 e. The number of cyclic esters (lactones) is 1. The second-order valence-electron chi connectivity index (χ2n) is 18.1. The zero-order valence-corrected chi connectivity index (χ0v) is 33.2.